The van der Waals surface area contributed by atoms with Gasteiger partial charge < -0.3 is 14.4 Å². The van der Waals surface area contributed by atoms with Crippen molar-refractivity contribution >= 4 is 21.6 Å². The van der Waals surface area contributed by atoms with Crippen molar-refractivity contribution in [3.63, 3.8) is 0 Å². The van der Waals surface area contributed by atoms with Crippen molar-refractivity contribution in [3.05, 3.63) is 84.2 Å². The maximum Gasteiger partial charge on any atom is 0.261 e. The number of carbonyl (C=O) groups excluding carboxylic acids is 1. The van der Waals surface area contributed by atoms with Crippen molar-refractivity contribution in [3.8, 4) is 5.75 Å². The molecule has 1 amide bonds. The van der Waals surface area contributed by atoms with Crippen molar-refractivity contribution in [2.45, 2.75) is 37.4 Å². The third kappa shape index (κ3) is 7.14. The average Bonchev–Trinajstić information content (AvgIpc) is 2.94. The van der Waals surface area contributed by atoms with E-state index in [9.17, 15) is 13.2 Å². The minimum atomic E-state index is -3.81. The highest BCUT2D eigenvalue weighted by Crippen LogP contribution is 2.28. The first-order valence-corrected chi connectivity index (χ1v) is 14.4. The lowest BCUT2D eigenvalue weighted by Crippen LogP contribution is -2.46. The van der Waals surface area contributed by atoms with Gasteiger partial charge in [0.05, 0.1) is 22.3 Å². The number of nitrogens with zero attached hydrogens (tertiary/aromatic N) is 3. The smallest absolute Gasteiger partial charge is 0.261 e. The SMILES string of the molecule is CO[C@@H]1CN(C)C(=O)c2ccc(NS(=O)(=O)c3ccccc3)cc2OC[C@@H](C)N(Cc2cccnc2)C[C@@H]1C. The van der Waals surface area contributed by atoms with E-state index in [4.69, 9.17) is 9.47 Å². The standard InChI is InChI=1S/C29H36N4O5S/c1-21-17-33(18-23-9-8-14-30-16-23)22(2)20-38-27-15-24(31-39(35,36)25-10-6-5-7-11-25)12-13-26(27)29(34)32(3)19-28(21)37-4/h5-16,21-22,28,31H,17-20H2,1-4H3/t21-,22+,28+/m0/s1. The third-order valence-electron chi connectivity index (χ3n) is 6.99. The van der Waals surface area contributed by atoms with E-state index in [1.54, 1.807) is 61.7 Å². The summed E-state index contributed by atoms with van der Waals surface area (Å²) in [4.78, 5) is 21.8. The number of methoxy groups -OCH3 is 1. The minimum Gasteiger partial charge on any atom is -0.491 e. The fourth-order valence-electron chi connectivity index (χ4n) is 4.67. The van der Waals surface area contributed by atoms with Gasteiger partial charge in [-0.2, -0.15) is 0 Å². The molecule has 4 rings (SSSR count). The Morgan fingerprint density at radius 3 is 2.54 bits per heavy atom. The summed E-state index contributed by atoms with van der Waals surface area (Å²) in [5.41, 5.74) is 1.75. The van der Waals surface area contributed by atoms with Gasteiger partial charge in [0.2, 0.25) is 0 Å². The molecule has 10 heteroatoms. The number of ether oxygens (including phenoxy) is 2. The molecule has 9 nitrogen and oxygen atoms in total. The maximum absolute atomic E-state index is 13.5. The van der Waals surface area contributed by atoms with E-state index in [-0.39, 0.29) is 28.9 Å². The quantitative estimate of drug-likeness (QED) is 0.495. The zero-order chi connectivity index (χ0) is 28.0. The first-order chi connectivity index (χ1) is 18.7. The van der Waals surface area contributed by atoms with Crippen LogP contribution in [0.1, 0.15) is 29.8 Å². The lowest BCUT2D eigenvalue weighted by molar-refractivity contribution is 0.00920. The van der Waals surface area contributed by atoms with Crippen LogP contribution < -0.4 is 9.46 Å². The second kappa shape index (κ2) is 12.6. The Labute approximate surface area is 230 Å². The summed E-state index contributed by atoms with van der Waals surface area (Å²) in [7, 11) is -0.403. The number of rotatable bonds is 6. The average molecular weight is 553 g/mol. The largest absolute Gasteiger partial charge is 0.491 e. The molecule has 1 aliphatic heterocycles. The summed E-state index contributed by atoms with van der Waals surface area (Å²) in [6.07, 6.45) is 3.43. The molecule has 0 saturated heterocycles. The van der Waals surface area contributed by atoms with Crippen LogP contribution in [0.5, 0.6) is 5.75 Å². The van der Waals surface area contributed by atoms with E-state index in [0.29, 0.717) is 36.7 Å². The molecule has 0 radical (unpaired) electrons. The maximum atomic E-state index is 13.5. The topological polar surface area (TPSA) is 101 Å². The van der Waals surface area contributed by atoms with E-state index in [1.807, 2.05) is 18.3 Å². The normalized spacial score (nSPS) is 21.3. The Balaban J connectivity index is 1.66. The first kappa shape index (κ1) is 28.5. The van der Waals surface area contributed by atoms with Gasteiger partial charge in [0.1, 0.15) is 12.4 Å². The Kier molecular flexibility index (Phi) is 9.21. The van der Waals surface area contributed by atoms with Gasteiger partial charge in [-0.15, -0.1) is 0 Å². The van der Waals surface area contributed by atoms with Crippen LogP contribution in [0.25, 0.3) is 0 Å². The molecule has 2 aromatic carbocycles. The Hall–Kier alpha value is -3.47. The van der Waals surface area contributed by atoms with E-state index in [2.05, 4.69) is 28.5 Å². The minimum absolute atomic E-state index is 0.0186. The number of hydrogen-bond donors (Lipinski definition) is 1. The number of fused-ring (bicyclic) bond motifs is 1. The van der Waals surface area contributed by atoms with Crippen LogP contribution >= 0.6 is 0 Å². The van der Waals surface area contributed by atoms with E-state index in [0.717, 1.165) is 12.1 Å². The third-order valence-corrected chi connectivity index (χ3v) is 8.39. The molecule has 0 fully saturated rings. The molecule has 2 heterocycles. The summed E-state index contributed by atoms with van der Waals surface area (Å²) in [5, 5.41) is 0. The highest BCUT2D eigenvalue weighted by atomic mass is 32.2. The lowest BCUT2D eigenvalue weighted by Gasteiger charge is -2.36. The van der Waals surface area contributed by atoms with Crippen molar-refractivity contribution in [2.24, 2.45) is 5.92 Å². The predicted octanol–water partition coefficient (Wildman–Crippen LogP) is 3.89. The van der Waals surface area contributed by atoms with Crippen LogP contribution in [-0.2, 0) is 21.3 Å². The van der Waals surface area contributed by atoms with Gasteiger partial charge in [-0.05, 0) is 48.7 Å². The molecule has 0 bridgehead atoms. The molecule has 39 heavy (non-hydrogen) atoms. The van der Waals surface area contributed by atoms with Crippen LogP contribution in [0.3, 0.4) is 0 Å². The number of amides is 1. The Morgan fingerprint density at radius 2 is 1.85 bits per heavy atom. The number of hydrogen-bond acceptors (Lipinski definition) is 7. The highest BCUT2D eigenvalue weighted by Gasteiger charge is 2.29. The molecule has 1 aliphatic rings. The number of aromatic nitrogens is 1. The molecule has 208 valence electrons. The van der Waals surface area contributed by atoms with E-state index in [1.165, 1.54) is 12.1 Å². The van der Waals surface area contributed by atoms with Crippen molar-refractivity contribution in [2.75, 3.05) is 38.6 Å². The fourth-order valence-corrected chi connectivity index (χ4v) is 5.74. The Bertz CT molecular complexity index is 1350. The number of anilines is 1. The number of sulfonamides is 1. The summed E-state index contributed by atoms with van der Waals surface area (Å²) >= 11 is 0. The predicted molar refractivity (Wildman–Crippen MR) is 150 cm³/mol. The van der Waals surface area contributed by atoms with Crippen LogP contribution in [0.2, 0.25) is 0 Å². The molecular weight excluding hydrogens is 516 g/mol. The van der Waals surface area contributed by atoms with Gasteiger partial charge in [-0.25, -0.2) is 8.42 Å². The molecule has 0 unspecified atom stereocenters. The monoisotopic (exact) mass is 552 g/mol. The zero-order valence-corrected chi connectivity index (χ0v) is 23.6. The zero-order valence-electron chi connectivity index (χ0n) is 22.8. The van der Waals surface area contributed by atoms with Crippen LogP contribution in [0.4, 0.5) is 5.69 Å². The van der Waals surface area contributed by atoms with E-state index >= 15 is 0 Å². The van der Waals surface area contributed by atoms with Crippen LogP contribution in [0, 0.1) is 5.92 Å². The number of likely N-dealkylation sites (N-methyl/N-ethyl adjacent to an activating group) is 1. The Morgan fingerprint density at radius 1 is 1.08 bits per heavy atom. The number of carbonyl (C=O) groups is 1. The van der Waals surface area contributed by atoms with Crippen molar-refractivity contribution in [1.29, 1.82) is 0 Å². The number of pyridine rings is 1. The number of nitrogens with one attached hydrogen (secondary N) is 1. The second-order valence-corrected chi connectivity index (χ2v) is 11.7. The van der Waals surface area contributed by atoms with Crippen LogP contribution in [0.15, 0.2) is 78.0 Å². The molecule has 0 spiro atoms. The van der Waals surface area contributed by atoms with Gasteiger partial charge in [0, 0.05) is 58.3 Å². The molecule has 0 aliphatic carbocycles. The second-order valence-electron chi connectivity index (χ2n) is 10.0. The van der Waals surface area contributed by atoms with Gasteiger partial charge >= 0.3 is 0 Å². The molecule has 1 N–H and O–H groups in total. The van der Waals surface area contributed by atoms with Gasteiger partial charge in [-0.1, -0.05) is 31.2 Å². The summed E-state index contributed by atoms with van der Waals surface area (Å²) < 4.78 is 40.5. The fraction of sp³-hybridized carbons (Fsp3) is 0.379. The van der Waals surface area contributed by atoms with E-state index < -0.39 is 10.0 Å². The molecule has 3 aromatic rings. The van der Waals surface area contributed by atoms with Crippen molar-refractivity contribution < 1.29 is 22.7 Å². The summed E-state index contributed by atoms with van der Waals surface area (Å²) in [6.45, 7) is 6.30. The summed E-state index contributed by atoms with van der Waals surface area (Å²) in [6, 6.07) is 16.8. The van der Waals surface area contributed by atoms with Gasteiger partial charge in [0.25, 0.3) is 15.9 Å². The van der Waals surface area contributed by atoms with Gasteiger partial charge in [-0.3, -0.25) is 19.4 Å². The molecule has 0 saturated carbocycles. The highest BCUT2D eigenvalue weighted by molar-refractivity contribution is 7.92. The molecular formula is C29H36N4O5S. The molecule has 1 aromatic heterocycles. The molecule has 3 atom stereocenters. The van der Waals surface area contributed by atoms with Crippen LogP contribution in [-0.4, -0.2) is 75.1 Å². The van der Waals surface area contributed by atoms with Gasteiger partial charge in [0.15, 0.2) is 0 Å². The number of benzene rings is 2. The lowest BCUT2D eigenvalue weighted by atomic mass is 10.0. The summed E-state index contributed by atoms with van der Waals surface area (Å²) in [5.74, 6) is 0.228. The van der Waals surface area contributed by atoms with Crippen molar-refractivity contribution in [1.82, 2.24) is 14.8 Å². The first-order valence-electron chi connectivity index (χ1n) is 12.9.